The summed E-state index contributed by atoms with van der Waals surface area (Å²) in [5.74, 6) is -0.670. The van der Waals surface area contributed by atoms with Crippen LogP contribution in [-0.2, 0) is 4.79 Å². The molecular formula is C8H18O2Pb. The van der Waals surface area contributed by atoms with Gasteiger partial charge >= 0.3 is 33.3 Å². The second kappa shape index (κ2) is 10.4. The Balaban J connectivity index is 0. The fourth-order valence-corrected chi connectivity index (χ4v) is 0.880. The standard InChI is InChI=1S/C8H16O2.Pb.2H/c1-2-3-4-5-6-7-8(9)10;;;/h2-7H2,1H3,(H,9,10);;;. The summed E-state index contributed by atoms with van der Waals surface area (Å²) in [4.78, 5) is 10.0. The molecule has 0 saturated carbocycles. The normalized spacial score (nSPS) is 8.82. The van der Waals surface area contributed by atoms with Crippen molar-refractivity contribution in [3.63, 3.8) is 0 Å². The zero-order valence-electron chi connectivity index (χ0n) is 7.31. The predicted molar refractivity (Wildman–Crippen MR) is 49.6 cm³/mol. The van der Waals surface area contributed by atoms with Crippen molar-refractivity contribution in [3.8, 4) is 0 Å². The molecule has 0 spiro atoms. The summed E-state index contributed by atoms with van der Waals surface area (Å²) < 4.78 is 0. The number of hydrogen-bond acceptors (Lipinski definition) is 1. The monoisotopic (exact) mass is 354 g/mol. The van der Waals surface area contributed by atoms with Crippen LogP contribution in [0.5, 0.6) is 0 Å². The van der Waals surface area contributed by atoms with E-state index in [0.717, 1.165) is 12.8 Å². The third-order valence-corrected chi connectivity index (χ3v) is 1.49. The van der Waals surface area contributed by atoms with Crippen LogP contribution < -0.4 is 0 Å². The van der Waals surface area contributed by atoms with Gasteiger partial charge in [-0.05, 0) is 6.42 Å². The molecule has 66 valence electrons. The van der Waals surface area contributed by atoms with E-state index < -0.39 is 5.97 Å². The summed E-state index contributed by atoms with van der Waals surface area (Å²) in [6.45, 7) is 2.15. The van der Waals surface area contributed by atoms with Gasteiger partial charge in [0.2, 0.25) is 0 Å². The van der Waals surface area contributed by atoms with E-state index in [1.54, 1.807) is 0 Å². The van der Waals surface area contributed by atoms with Crippen LogP contribution in [0.2, 0.25) is 0 Å². The molecule has 0 aromatic carbocycles. The molecule has 0 aliphatic heterocycles. The molecule has 0 saturated heterocycles. The number of hydrogen-bond donors (Lipinski definition) is 1. The summed E-state index contributed by atoms with van der Waals surface area (Å²) in [6.07, 6.45) is 5.88. The van der Waals surface area contributed by atoms with Gasteiger partial charge in [0.1, 0.15) is 0 Å². The van der Waals surface area contributed by atoms with Crippen molar-refractivity contribution in [2.24, 2.45) is 0 Å². The molecular weight excluding hydrogens is 335 g/mol. The third-order valence-electron chi connectivity index (χ3n) is 1.49. The number of carboxylic acid groups (broad SMARTS) is 1. The zero-order chi connectivity index (χ0) is 7.82. The van der Waals surface area contributed by atoms with E-state index >= 15 is 0 Å². The van der Waals surface area contributed by atoms with Crippen LogP contribution in [0.25, 0.3) is 0 Å². The SMILES string of the molecule is CCCCCCCC(=O)O.[PbH2]. The fraction of sp³-hybridized carbons (Fsp3) is 0.875. The average Bonchev–Trinajstić information content (AvgIpc) is 1.87. The molecule has 3 heteroatoms. The third kappa shape index (κ3) is 13.4. The molecule has 0 rings (SSSR count). The summed E-state index contributed by atoms with van der Waals surface area (Å²) >= 11 is 0. The molecule has 2 nitrogen and oxygen atoms in total. The summed E-state index contributed by atoms with van der Waals surface area (Å²) in [5, 5.41) is 8.27. The van der Waals surface area contributed by atoms with Gasteiger partial charge in [0.25, 0.3) is 0 Å². The summed E-state index contributed by atoms with van der Waals surface area (Å²) in [5.41, 5.74) is 0. The molecule has 0 fully saturated rings. The minimum absolute atomic E-state index is 0. The fourth-order valence-electron chi connectivity index (χ4n) is 0.880. The van der Waals surface area contributed by atoms with Gasteiger partial charge in [-0.25, -0.2) is 0 Å². The van der Waals surface area contributed by atoms with Crippen molar-refractivity contribution in [1.82, 2.24) is 0 Å². The van der Waals surface area contributed by atoms with Gasteiger partial charge in [0.05, 0.1) is 0 Å². The van der Waals surface area contributed by atoms with Gasteiger partial charge in [0, 0.05) is 6.42 Å². The Labute approximate surface area is 88.5 Å². The Morgan fingerprint density at radius 1 is 1.18 bits per heavy atom. The topological polar surface area (TPSA) is 37.3 Å². The van der Waals surface area contributed by atoms with Crippen molar-refractivity contribution < 1.29 is 9.90 Å². The first kappa shape index (κ1) is 13.9. The average molecular weight is 353 g/mol. The van der Waals surface area contributed by atoms with E-state index in [-0.39, 0.29) is 27.3 Å². The zero-order valence-corrected chi connectivity index (χ0v) is 12.8. The molecule has 2 radical (unpaired) electrons. The van der Waals surface area contributed by atoms with Gasteiger partial charge < -0.3 is 5.11 Å². The van der Waals surface area contributed by atoms with Crippen LogP contribution in [0.3, 0.4) is 0 Å². The maximum atomic E-state index is 10.0. The Bertz CT molecular complexity index is 94.1. The molecule has 0 unspecified atom stereocenters. The second-order valence-corrected chi connectivity index (χ2v) is 2.56. The Kier molecular flexibility index (Phi) is 13.2. The van der Waals surface area contributed by atoms with Crippen LogP contribution in [0.4, 0.5) is 0 Å². The van der Waals surface area contributed by atoms with Crippen LogP contribution >= 0.6 is 0 Å². The van der Waals surface area contributed by atoms with E-state index in [9.17, 15) is 4.79 Å². The molecule has 0 aromatic heterocycles. The molecule has 0 heterocycles. The maximum absolute atomic E-state index is 10.0. The van der Waals surface area contributed by atoms with E-state index in [4.69, 9.17) is 5.11 Å². The number of aliphatic carboxylic acids is 1. The van der Waals surface area contributed by atoms with Crippen molar-refractivity contribution in [2.75, 3.05) is 0 Å². The van der Waals surface area contributed by atoms with Gasteiger partial charge in [-0.3, -0.25) is 4.79 Å². The summed E-state index contributed by atoms with van der Waals surface area (Å²) in [7, 11) is 0. The molecule has 0 amide bonds. The first-order valence-corrected chi connectivity index (χ1v) is 3.99. The van der Waals surface area contributed by atoms with E-state index in [1.807, 2.05) is 0 Å². The van der Waals surface area contributed by atoms with Crippen molar-refractivity contribution >= 4 is 33.3 Å². The van der Waals surface area contributed by atoms with E-state index in [2.05, 4.69) is 6.92 Å². The molecule has 0 aliphatic carbocycles. The van der Waals surface area contributed by atoms with Crippen molar-refractivity contribution in [2.45, 2.75) is 45.4 Å². The quantitative estimate of drug-likeness (QED) is 0.581. The van der Waals surface area contributed by atoms with Crippen molar-refractivity contribution in [1.29, 1.82) is 0 Å². The van der Waals surface area contributed by atoms with Crippen molar-refractivity contribution in [3.05, 3.63) is 0 Å². The predicted octanol–water partition coefficient (Wildman–Crippen LogP) is 1.52. The molecule has 1 N–H and O–H groups in total. The number of rotatable bonds is 6. The van der Waals surface area contributed by atoms with Gasteiger partial charge in [0.15, 0.2) is 0 Å². The van der Waals surface area contributed by atoms with Gasteiger partial charge in [-0.15, -0.1) is 0 Å². The first-order chi connectivity index (χ1) is 4.77. The molecule has 11 heavy (non-hydrogen) atoms. The Morgan fingerprint density at radius 3 is 2.18 bits per heavy atom. The number of carboxylic acids is 1. The molecule has 0 atom stereocenters. The molecule has 0 aromatic rings. The first-order valence-electron chi connectivity index (χ1n) is 3.99. The second-order valence-electron chi connectivity index (χ2n) is 2.56. The summed E-state index contributed by atoms with van der Waals surface area (Å²) in [6, 6.07) is 0. The van der Waals surface area contributed by atoms with Crippen LogP contribution in [-0.4, -0.2) is 38.4 Å². The van der Waals surface area contributed by atoms with Gasteiger partial charge in [-0.2, -0.15) is 0 Å². The number of carbonyl (C=O) groups is 1. The minimum atomic E-state index is -0.670. The molecule has 0 bridgehead atoms. The molecule has 0 aliphatic rings. The van der Waals surface area contributed by atoms with E-state index in [1.165, 1.54) is 19.3 Å². The van der Waals surface area contributed by atoms with Crippen LogP contribution in [0.15, 0.2) is 0 Å². The Hall–Kier alpha value is 0.392. The number of unbranched alkanes of at least 4 members (excludes halogenated alkanes) is 4. The van der Waals surface area contributed by atoms with Crippen LogP contribution in [0, 0.1) is 0 Å². The van der Waals surface area contributed by atoms with E-state index in [0.29, 0.717) is 6.42 Å². The van der Waals surface area contributed by atoms with Gasteiger partial charge in [-0.1, -0.05) is 32.6 Å². The van der Waals surface area contributed by atoms with Crippen LogP contribution in [0.1, 0.15) is 45.4 Å². The Morgan fingerprint density at radius 2 is 1.73 bits per heavy atom.